The highest BCUT2D eigenvalue weighted by Crippen LogP contribution is 2.38. The van der Waals surface area contributed by atoms with Gasteiger partial charge < -0.3 is 9.64 Å². The van der Waals surface area contributed by atoms with E-state index in [0.29, 0.717) is 5.41 Å². The van der Waals surface area contributed by atoms with Crippen LogP contribution in [0.5, 0.6) is 0 Å². The predicted molar refractivity (Wildman–Crippen MR) is 49.4 cm³/mol. The SMILES string of the molecule is CC(=O)N1CCC2(CCOC2)CC1. The second kappa shape index (κ2) is 3.29. The van der Waals surface area contributed by atoms with Gasteiger partial charge in [-0.2, -0.15) is 0 Å². The van der Waals surface area contributed by atoms with Crippen LogP contribution in [-0.4, -0.2) is 37.1 Å². The van der Waals surface area contributed by atoms with Crippen LogP contribution in [0.15, 0.2) is 0 Å². The molecular weight excluding hydrogens is 166 g/mol. The fourth-order valence-corrected chi connectivity index (χ4v) is 2.34. The molecular formula is C10H17NO2. The molecule has 2 aliphatic rings. The molecule has 0 bridgehead atoms. The molecule has 0 atom stereocenters. The Labute approximate surface area is 79.0 Å². The van der Waals surface area contributed by atoms with Gasteiger partial charge in [-0.1, -0.05) is 0 Å². The van der Waals surface area contributed by atoms with Crippen molar-refractivity contribution in [3.8, 4) is 0 Å². The molecule has 0 radical (unpaired) electrons. The standard InChI is InChI=1S/C10H17NO2/c1-9(12)11-5-2-10(3-6-11)4-7-13-8-10/h2-8H2,1H3. The van der Waals surface area contributed by atoms with E-state index in [2.05, 4.69) is 0 Å². The summed E-state index contributed by atoms with van der Waals surface area (Å²) in [6.07, 6.45) is 3.46. The largest absolute Gasteiger partial charge is 0.381 e. The van der Waals surface area contributed by atoms with Crippen LogP contribution in [0.2, 0.25) is 0 Å². The van der Waals surface area contributed by atoms with E-state index in [1.165, 1.54) is 6.42 Å². The molecule has 0 aromatic rings. The van der Waals surface area contributed by atoms with Crippen molar-refractivity contribution in [3.05, 3.63) is 0 Å². The summed E-state index contributed by atoms with van der Waals surface area (Å²) in [7, 11) is 0. The molecule has 2 rings (SSSR count). The third-order valence-electron chi connectivity index (χ3n) is 3.45. The maximum Gasteiger partial charge on any atom is 0.219 e. The highest BCUT2D eigenvalue weighted by molar-refractivity contribution is 5.73. The van der Waals surface area contributed by atoms with Crippen molar-refractivity contribution in [1.82, 2.24) is 4.90 Å². The number of ether oxygens (including phenoxy) is 1. The summed E-state index contributed by atoms with van der Waals surface area (Å²) >= 11 is 0. The lowest BCUT2D eigenvalue weighted by Crippen LogP contribution is -2.42. The van der Waals surface area contributed by atoms with Gasteiger partial charge in [0, 0.05) is 26.6 Å². The predicted octanol–water partition coefficient (Wildman–Crippen LogP) is 1.04. The summed E-state index contributed by atoms with van der Waals surface area (Å²) < 4.78 is 5.43. The van der Waals surface area contributed by atoms with Gasteiger partial charge >= 0.3 is 0 Å². The molecule has 0 N–H and O–H groups in total. The molecule has 0 aromatic carbocycles. The lowest BCUT2D eigenvalue weighted by atomic mass is 9.78. The van der Waals surface area contributed by atoms with Gasteiger partial charge in [0.05, 0.1) is 6.61 Å². The fraction of sp³-hybridized carbons (Fsp3) is 0.900. The molecule has 2 heterocycles. The average molecular weight is 183 g/mol. The van der Waals surface area contributed by atoms with Crippen LogP contribution in [0.1, 0.15) is 26.2 Å². The second-order valence-corrected chi connectivity index (χ2v) is 4.31. The minimum Gasteiger partial charge on any atom is -0.381 e. The number of hydrogen-bond acceptors (Lipinski definition) is 2. The zero-order chi connectivity index (χ0) is 9.31. The number of carbonyl (C=O) groups excluding carboxylic acids is 1. The Balaban J connectivity index is 1.91. The Morgan fingerprint density at radius 3 is 2.46 bits per heavy atom. The molecule has 2 aliphatic heterocycles. The van der Waals surface area contributed by atoms with Crippen molar-refractivity contribution in [3.63, 3.8) is 0 Å². The summed E-state index contributed by atoms with van der Waals surface area (Å²) in [5, 5.41) is 0. The molecule has 2 fully saturated rings. The van der Waals surface area contributed by atoms with Gasteiger partial charge in [-0.25, -0.2) is 0 Å². The van der Waals surface area contributed by atoms with Gasteiger partial charge in [-0.3, -0.25) is 4.79 Å². The number of piperidine rings is 1. The Hall–Kier alpha value is -0.570. The molecule has 13 heavy (non-hydrogen) atoms. The Kier molecular flexibility index (Phi) is 2.28. The van der Waals surface area contributed by atoms with Crippen molar-refractivity contribution in [2.24, 2.45) is 5.41 Å². The van der Waals surface area contributed by atoms with Crippen molar-refractivity contribution < 1.29 is 9.53 Å². The molecule has 2 saturated heterocycles. The highest BCUT2D eigenvalue weighted by atomic mass is 16.5. The summed E-state index contributed by atoms with van der Waals surface area (Å²) in [4.78, 5) is 13.0. The summed E-state index contributed by atoms with van der Waals surface area (Å²) in [5.41, 5.74) is 0.423. The van der Waals surface area contributed by atoms with E-state index in [9.17, 15) is 4.79 Å². The minimum atomic E-state index is 0.216. The first-order valence-corrected chi connectivity index (χ1v) is 5.05. The smallest absolute Gasteiger partial charge is 0.219 e. The second-order valence-electron chi connectivity index (χ2n) is 4.31. The lowest BCUT2D eigenvalue weighted by molar-refractivity contribution is -0.131. The number of nitrogens with zero attached hydrogens (tertiary/aromatic N) is 1. The molecule has 0 aliphatic carbocycles. The number of carbonyl (C=O) groups is 1. The van der Waals surface area contributed by atoms with Crippen LogP contribution in [0.4, 0.5) is 0 Å². The van der Waals surface area contributed by atoms with Gasteiger partial charge in [-0.05, 0) is 24.7 Å². The molecule has 0 aromatic heterocycles. The van der Waals surface area contributed by atoms with Crippen LogP contribution in [0, 0.1) is 5.41 Å². The van der Waals surface area contributed by atoms with Crippen LogP contribution in [-0.2, 0) is 9.53 Å². The van der Waals surface area contributed by atoms with Crippen LogP contribution in [0.3, 0.4) is 0 Å². The van der Waals surface area contributed by atoms with Crippen molar-refractivity contribution in [2.45, 2.75) is 26.2 Å². The van der Waals surface area contributed by atoms with E-state index in [1.807, 2.05) is 4.90 Å². The minimum absolute atomic E-state index is 0.216. The van der Waals surface area contributed by atoms with Gasteiger partial charge in [0.25, 0.3) is 0 Å². The number of amides is 1. The maximum absolute atomic E-state index is 11.1. The van der Waals surface area contributed by atoms with Crippen LogP contribution in [0.25, 0.3) is 0 Å². The topological polar surface area (TPSA) is 29.5 Å². The quantitative estimate of drug-likeness (QED) is 0.561. The zero-order valence-electron chi connectivity index (χ0n) is 8.21. The van der Waals surface area contributed by atoms with Gasteiger partial charge in [0.1, 0.15) is 0 Å². The van der Waals surface area contributed by atoms with E-state index in [-0.39, 0.29) is 5.91 Å². The van der Waals surface area contributed by atoms with Crippen LogP contribution < -0.4 is 0 Å². The number of hydrogen-bond donors (Lipinski definition) is 0. The van der Waals surface area contributed by atoms with E-state index < -0.39 is 0 Å². The third-order valence-corrected chi connectivity index (χ3v) is 3.45. The van der Waals surface area contributed by atoms with Crippen molar-refractivity contribution >= 4 is 5.91 Å². The molecule has 3 heteroatoms. The first-order chi connectivity index (χ1) is 6.22. The van der Waals surface area contributed by atoms with Gasteiger partial charge in [0.2, 0.25) is 5.91 Å². The summed E-state index contributed by atoms with van der Waals surface area (Å²) in [6, 6.07) is 0. The van der Waals surface area contributed by atoms with E-state index >= 15 is 0 Å². The highest BCUT2D eigenvalue weighted by Gasteiger charge is 2.38. The summed E-state index contributed by atoms with van der Waals surface area (Å²) in [6.45, 7) is 5.35. The Morgan fingerprint density at radius 1 is 1.31 bits per heavy atom. The first-order valence-electron chi connectivity index (χ1n) is 5.05. The van der Waals surface area contributed by atoms with Gasteiger partial charge in [-0.15, -0.1) is 0 Å². The average Bonchev–Trinajstić information content (AvgIpc) is 2.54. The molecule has 0 unspecified atom stereocenters. The van der Waals surface area contributed by atoms with Gasteiger partial charge in [0.15, 0.2) is 0 Å². The fourth-order valence-electron chi connectivity index (χ4n) is 2.34. The zero-order valence-corrected chi connectivity index (χ0v) is 8.21. The van der Waals surface area contributed by atoms with E-state index in [4.69, 9.17) is 4.74 Å². The van der Waals surface area contributed by atoms with E-state index in [0.717, 1.165) is 39.1 Å². The monoisotopic (exact) mass is 183 g/mol. The van der Waals surface area contributed by atoms with Crippen LogP contribution >= 0.6 is 0 Å². The van der Waals surface area contributed by atoms with Crippen molar-refractivity contribution in [2.75, 3.05) is 26.3 Å². The third kappa shape index (κ3) is 1.70. The molecule has 1 amide bonds. The molecule has 1 spiro atoms. The maximum atomic E-state index is 11.1. The number of likely N-dealkylation sites (tertiary alicyclic amines) is 1. The van der Waals surface area contributed by atoms with Crippen molar-refractivity contribution in [1.29, 1.82) is 0 Å². The molecule has 0 saturated carbocycles. The normalized spacial score (nSPS) is 26.7. The Bertz CT molecular complexity index is 199. The Morgan fingerprint density at radius 2 is 2.00 bits per heavy atom. The molecule has 74 valence electrons. The summed E-state index contributed by atoms with van der Waals surface area (Å²) in [5.74, 6) is 0.216. The lowest BCUT2D eigenvalue weighted by Gasteiger charge is -2.37. The number of rotatable bonds is 0. The van der Waals surface area contributed by atoms with E-state index in [1.54, 1.807) is 6.92 Å². The first kappa shape index (κ1) is 9.00. The molecule has 3 nitrogen and oxygen atoms in total.